The molecule has 3 aromatic rings. The molecular weight excluding hydrogens is 309 g/mol. The van der Waals surface area contributed by atoms with E-state index in [1.165, 1.54) is 0 Å². The molecule has 1 heterocycles. The van der Waals surface area contributed by atoms with Gasteiger partial charge in [-0.25, -0.2) is 0 Å². The van der Waals surface area contributed by atoms with Crippen LogP contribution in [0.2, 0.25) is 10.0 Å². The largest absolute Gasteiger partial charge is 0.398 e. The van der Waals surface area contributed by atoms with Crippen LogP contribution in [0.25, 0.3) is 22.8 Å². The molecule has 21 heavy (non-hydrogen) atoms. The van der Waals surface area contributed by atoms with Gasteiger partial charge in [-0.05, 0) is 36.8 Å². The topological polar surface area (TPSA) is 64.9 Å². The average molecular weight is 320 g/mol. The Labute approximate surface area is 131 Å². The minimum atomic E-state index is 0.341. The molecule has 0 aliphatic heterocycles. The highest BCUT2D eigenvalue weighted by molar-refractivity contribution is 6.36. The van der Waals surface area contributed by atoms with Crippen LogP contribution in [0.4, 0.5) is 5.69 Å². The normalized spacial score (nSPS) is 10.8. The predicted molar refractivity (Wildman–Crippen MR) is 84.3 cm³/mol. The van der Waals surface area contributed by atoms with Gasteiger partial charge in [0, 0.05) is 16.3 Å². The molecule has 4 nitrogen and oxygen atoms in total. The zero-order chi connectivity index (χ0) is 15.0. The molecule has 0 bridgehead atoms. The Kier molecular flexibility index (Phi) is 3.57. The third-order valence-corrected chi connectivity index (χ3v) is 3.75. The maximum absolute atomic E-state index is 6.14. The molecule has 6 heteroatoms. The fourth-order valence-corrected chi connectivity index (χ4v) is 2.49. The van der Waals surface area contributed by atoms with Gasteiger partial charge in [0.05, 0.1) is 10.6 Å². The van der Waals surface area contributed by atoms with Crippen molar-refractivity contribution in [2.75, 3.05) is 5.73 Å². The molecule has 2 N–H and O–H groups in total. The van der Waals surface area contributed by atoms with E-state index in [9.17, 15) is 0 Å². The van der Waals surface area contributed by atoms with Crippen molar-refractivity contribution in [3.05, 3.63) is 52.0 Å². The molecule has 0 unspecified atom stereocenters. The third-order valence-electron chi connectivity index (χ3n) is 3.20. The van der Waals surface area contributed by atoms with Crippen molar-refractivity contribution >= 4 is 28.9 Å². The molecule has 0 spiro atoms. The number of benzene rings is 2. The highest BCUT2D eigenvalue weighted by Gasteiger charge is 2.15. The van der Waals surface area contributed by atoms with Gasteiger partial charge in [0.1, 0.15) is 0 Å². The van der Waals surface area contributed by atoms with Gasteiger partial charge in [-0.15, -0.1) is 0 Å². The Morgan fingerprint density at radius 2 is 1.90 bits per heavy atom. The second kappa shape index (κ2) is 5.39. The number of halogens is 2. The standard InChI is InChI=1S/C15H11Cl2N3O/c1-8-10(3-2-4-13(8)18)14-19-15(21-20-14)11-6-5-9(16)7-12(11)17/h2-7H,18H2,1H3. The second-order valence-electron chi connectivity index (χ2n) is 4.57. The lowest BCUT2D eigenvalue weighted by atomic mass is 10.1. The van der Waals surface area contributed by atoms with Crippen molar-refractivity contribution in [3.63, 3.8) is 0 Å². The molecule has 3 rings (SSSR count). The maximum atomic E-state index is 6.14. The first-order chi connectivity index (χ1) is 10.1. The third kappa shape index (κ3) is 2.60. The Morgan fingerprint density at radius 1 is 1.10 bits per heavy atom. The molecule has 0 atom stereocenters. The van der Waals surface area contributed by atoms with Gasteiger partial charge in [-0.3, -0.25) is 0 Å². The number of hydrogen-bond donors (Lipinski definition) is 1. The van der Waals surface area contributed by atoms with Gasteiger partial charge in [-0.2, -0.15) is 4.98 Å². The minimum Gasteiger partial charge on any atom is -0.398 e. The van der Waals surface area contributed by atoms with E-state index < -0.39 is 0 Å². The number of nitrogens with two attached hydrogens (primary N) is 1. The van der Waals surface area contributed by atoms with E-state index in [2.05, 4.69) is 10.1 Å². The molecule has 0 saturated heterocycles. The SMILES string of the molecule is Cc1c(N)cccc1-c1noc(-c2ccc(Cl)cc2Cl)n1. The van der Waals surface area contributed by atoms with Gasteiger partial charge in [0.25, 0.3) is 5.89 Å². The summed E-state index contributed by atoms with van der Waals surface area (Å²) in [4.78, 5) is 4.38. The van der Waals surface area contributed by atoms with E-state index in [-0.39, 0.29) is 0 Å². The molecule has 0 aliphatic carbocycles. The first-order valence-corrected chi connectivity index (χ1v) is 6.96. The minimum absolute atomic E-state index is 0.341. The van der Waals surface area contributed by atoms with Crippen molar-refractivity contribution < 1.29 is 4.52 Å². The number of nitrogens with zero attached hydrogens (tertiary/aromatic N) is 2. The summed E-state index contributed by atoms with van der Waals surface area (Å²) in [5, 5.41) is 5.01. The summed E-state index contributed by atoms with van der Waals surface area (Å²) in [5.74, 6) is 0.814. The first-order valence-electron chi connectivity index (χ1n) is 6.21. The molecule has 0 radical (unpaired) electrons. The first kappa shape index (κ1) is 13.9. The van der Waals surface area contributed by atoms with Gasteiger partial charge >= 0.3 is 0 Å². The van der Waals surface area contributed by atoms with Crippen molar-refractivity contribution in [1.82, 2.24) is 10.1 Å². The molecular formula is C15H11Cl2N3O. The highest BCUT2D eigenvalue weighted by atomic mass is 35.5. The van der Waals surface area contributed by atoms with Crippen LogP contribution < -0.4 is 5.73 Å². The van der Waals surface area contributed by atoms with Crippen molar-refractivity contribution in [2.45, 2.75) is 6.92 Å². The lowest BCUT2D eigenvalue weighted by molar-refractivity contribution is 0.432. The van der Waals surface area contributed by atoms with E-state index in [0.29, 0.717) is 33.0 Å². The Morgan fingerprint density at radius 3 is 2.67 bits per heavy atom. The van der Waals surface area contributed by atoms with E-state index in [1.54, 1.807) is 18.2 Å². The van der Waals surface area contributed by atoms with Crippen LogP contribution in [0.15, 0.2) is 40.9 Å². The number of aromatic nitrogens is 2. The van der Waals surface area contributed by atoms with Crippen LogP contribution in [0.1, 0.15) is 5.56 Å². The van der Waals surface area contributed by atoms with E-state index >= 15 is 0 Å². The van der Waals surface area contributed by atoms with Crippen LogP contribution in [-0.2, 0) is 0 Å². The van der Waals surface area contributed by atoms with Crippen LogP contribution in [0, 0.1) is 6.92 Å². The molecule has 106 valence electrons. The monoisotopic (exact) mass is 319 g/mol. The Balaban J connectivity index is 2.06. The summed E-state index contributed by atoms with van der Waals surface area (Å²) in [7, 11) is 0. The predicted octanol–water partition coefficient (Wildman–Crippen LogP) is 4.60. The molecule has 1 aromatic heterocycles. The molecule has 0 aliphatic rings. The van der Waals surface area contributed by atoms with Crippen molar-refractivity contribution in [1.29, 1.82) is 0 Å². The van der Waals surface area contributed by atoms with Gasteiger partial charge < -0.3 is 10.3 Å². The summed E-state index contributed by atoms with van der Waals surface area (Å²) >= 11 is 12.0. The molecule has 0 saturated carbocycles. The molecule has 0 amide bonds. The van der Waals surface area contributed by atoms with E-state index in [4.69, 9.17) is 33.5 Å². The lowest BCUT2D eigenvalue weighted by Gasteiger charge is -2.03. The highest BCUT2D eigenvalue weighted by Crippen LogP contribution is 2.31. The Bertz CT molecular complexity index is 814. The van der Waals surface area contributed by atoms with Crippen LogP contribution >= 0.6 is 23.2 Å². The van der Waals surface area contributed by atoms with Gasteiger partial charge in [0.2, 0.25) is 5.82 Å². The van der Waals surface area contributed by atoms with Crippen LogP contribution in [0.5, 0.6) is 0 Å². The summed E-state index contributed by atoms with van der Waals surface area (Å²) in [6, 6.07) is 10.7. The summed E-state index contributed by atoms with van der Waals surface area (Å²) in [6.07, 6.45) is 0. The fourth-order valence-electron chi connectivity index (χ4n) is 2.00. The summed E-state index contributed by atoms with van der Waals surface area (Å²) in [5.41, 5.74) is 8.96. The zero-order valence-electron chi connectivity index (χ0n) is 11.1. The fraction of sp³-hybridized carbons (Fsp3) is 0.0667. The summed E-state index contributed by atoms with van der Waals surface area (Å²) in [6.45, 7) is 1.91. The second-order valence-corrected chi connectivity index (χ2v) is 5.41. The summed E-state index contributed by atoms with van der Waals surface area (Å²) < 4.78 is 5.29. The van der Waals surface area contributed by atoms with E-state index in [1.807, 2.05) is 25.1 Å². The molecule has 2 aromatic carbocycles. The number of rotatable bonds is 2. The van der Waals surface area contributed by atoms with Crippen LogP contribution in [0.3, 0.4) is 0 Å². The molecule has 0 fully saturated rings. The Hall–Kier alpha value is -2.04. The van der Waals surface area contributed by atoms with Gasteiger partial charge in [-0.1, -0.05) is 40.5 Å². The van der Waals surface area contributed by atoms with Gasteiger partial charge in [0.15, 0.2) is 0 Å². The van der Waals surface area contributed by atoms with E-state index in [0.717, 1.165) is 11.1 Å². The van der Waals surface area contributed by atoms with Crippen molar-refractivity contribution in [2.24, 2.45) is 0 Å². The van der Waals surface area contributed by atoms with Crippen LogP contribution in [-0.4, -0.2) is 10.1 Å². The quantitative estimate of drug-likeness (QED) is 0.701. The smallest absolute Gasteiger partial charge is 0.259 e. The maximum Gasteiger partial charge on any atom is 0.259 e. The lowest BCUT2D eigenvalue weighted by Crippen LogP contribution is -1.93. The van der Waals surface area contributed by atoms with Crippen molar-refractivity contribution in [3.8, 4) is 22.8 Å². The zero-order valence-corrected chi connectivity index (χ0v) is 12.6. The average Bonchev–Trinajstić information content (AvgIpc) is 2.91. The number of nitrogen functional groups attached to an aromatic ring is 1. The number of anilines is 1. The number of hydrogen-bond acceptors (Lipinski definition) is 4.